The quantitative estimate of drug-likeness (QED) is 0.693. The number of aromatic nitrogens is 2. The maximum Gasteiger partial charge on any atom is 0.239 e. The van der Waals surface area contributed by atoms with Crippen LogP contribution in [-0.2, 0) is 21.4 Å². The monoisotopic (exact) mass is 348 g/mol. The van der Waals surface area contributed by atoms with Crippen LogP contribution in [0.15, 0.2) is 6.20 Å². The van der Waals surface area contributed by atoms with Crippen molar-refractivity contribution in [2.24, 2.45) is 7.05 Å². The molecule has 25 heavy (non-hydrogen) atoms. The maximum atomic E-state index is 12.3. The Morgan fingerprint density at radius 1 is 1.40 bits per heavy atom. The summed E-state index contributed by atoms with van der Waals surface area (Å²) < 4.78 is 1.78. The molecule has 3 heterocycles. The number of aryl methyl sites for hydroxylation is 1. The number of hydrogen-bond donors (Lipinski definition) is 2. The summed E-state index contributed by atoms with van der Waals surface area (Å²) in [5, 5.41) is 10.2. The fourth-order valence-corrected chi connectivity index (χ4v) is 3.47. The molecule has 0 aromatic carbocycles. The van der Waals surface area contributed by atoms with Crippen LogP contribution < -0.4 is 10.6 Å². The molecule has 2 atom stereocenters. The lowest BCUT2D eigenvalue weighted by molar-refractivity contribution is -0.137. The standard InChI is InChI=1S/C16H24N6O3/c1-10-11(7-19-21(10)3)16-12(6-14(24)20(16)2)18-8-15(25)22-5-4-17-13(23)9-22/h7,12,16,18H,4-6,8-9H2,1-3H3,(H,17,23)/t12-,16+/m1/s1. The van der Waals surface area contributed by atoms with E-state index in [0.717, 1.165) is 11.3 Å². The van der Waals surface area contributed by atoms with E-state index >= 15 is 0 Å². The van der Waals surface area contributed by atoms with E-state index in [1.165, 1.54) is 4.90 Å². The van der Waals surface area contributed by atoms with E-state index < -0.39 is 0 Å². The van der Waals surface area contributed by atoms with Gasteiger partial charge >= 0.3 is 0 Å². The van der Waals surface area contributed by atoms with Gasteiger partial charge in [-0.1, -0.05) is 0 Å². The average molecular weight is 348 g/mol. The summed E-state index contributed by atoms with van der Waals surface area (Å²) >= 11 is 0. The molecule has 136 valence electrons. The first kappa shape index (κ1) is 17.4. The summed E-state index contributed by atoms with van der Waals surface area (Å²) in [5.74, 6) is -0.228. The number of likely N-dealkylation sites (tertiary alicyclic amines) is 1. The number of amides is 3. The van der Waals surface area contributed by atoms with Gasteiger partial charge < -0.3 is 20.4 Å². The van der Waals surface area contributed by atoms with Gasteiger partial charge in [0.15, 0.2) is 0 Å². The van der Waals surface area contributed by atoms with Crippen molar-refractivity contribution in [3.8, 4) is 0 Å². The second-order valence-electron chi connectivity index (χ2n) is 6.62. The van der Waals surface area contributed by atoms with Crippen LogP contribution in [0.1, 0.15) is 23.7 Å². The highest BCUT2D eigenvalue weighted by molar-refractivity contribution is 5.87. The number of carbonyl (C=O) groups is 3. The molecule has 9 heteroatoms. The molecule has 0 radical (unpaired) electrons. The molecule has 1 aromatic heterocycles. The SMILES string of the molecule is Cc1c([C@H]2[C@H](NCC(=O)N3CCNC(=O)C3)CC(=O)N2C)cnn1C. The van der Waals surface area contributed by atoms with Crippen LogP contribution in [0.5, 0.6) is 0 Å². The highest BCUT2D eigenvalue weighted by atomic mass is 16.2. The van der Waals surface area contributed by atoms with Gasteiger partial charge in [-0.2, -0.15) is 5.10 Å². The molecule has 0 aliphatic carbocycles. The van der Waals surface area contributed by atoms with E-state index in [-0.39, 0.29) is 42.9 Å². The third-order valence-corrected chi connectivity index (χ3v) is 5.08. The van der Waals surface area contributed by atoms with Crippen molar-refractivity contribution >= 4 is 17.7 Å². The Kier molecular flexibility index (Phi) is 4.76. The first-order valence-electron chi connectivity index (χ1n) is 8.40. The molecule has 0 unspecified atom stereocenters. The van der Waals surface area contributed by atoms with Crippen LogP contribution in [0.4, 0.5) is 0 Å². The Hall–Kier alpha value is -2.42. The normalized spacial score (nSPS) is 24.0. The predicted molar refractivity (Wildman–Crippen MR) is 89.5 cm³/mol. The molecule has 3 amide bonds. The van der Waals surface area contributed by atoms with Gasteiger partial charge in [-0.15, -0.1) is 0 Å². The number of piperazine rings is 1. The van der Waals surface area contributed by atoms with Gasteiger partial charge in [-0.3, -0.25) is 19.1 Å². The summed E-state index contributed by atoms with van der Waals surface area (Å²) in [6.45, 7) is 3.16. The van der Waals surface area contributed by atoms with Crippen molar-refractivity contribution in [1.82, 2.24) is 30.2 Å². The topological polar surface area (TPSA) is 99.6 Å². The number of nitrogens with one attached hydrogen (secondary N) is 2. The minimum Gasteiger partial charge on any atom is -0.353 e. The van der Waals surface area contributed by atoms with Crippen molar-refractivity contribution in [3.63, 3.8) is 0 Å². The third-order valence-electron chi connectivity index (χ3n) is 5.08. The van der Waals surface area contributed by atoms with Gasteiger partial charge in [0.25, 0.3) is 0 Å². The number of likely N-dealkylation sites (N-methyl/N-ethyl adjacent to an activating group) is 1. The average Bonchev–Trinajstić information content (AvgIpc) is 3.05. The van der Waals surface area contributed by atoms with Crippen LogP contribution in [0, 0.1) is 6.92 Å². The first-order chi connectivity index (χ1) is 11.9. The van der Waals surface area contributed by atoms with Gasteiger partial charge in [0, 0.05) is 50.9 Å². The van der Waals surface area contributed by atoms with Gasteiger partial charge in [-0.05, 0) is 6.92 Å². The maximum absolute atomic E-state index is 12.3. The Labute approximate surface area is 146 Å². The molecule has 3 rings (SSSR count). The lowest BCUT2D eigenvalue weighted by atomic mass is 10.0. The van der Waals surface area contributed by atoms with E-state index in [2.05, 4.69) is 15.7 Å². The number of rotatable bonds is 4. The fraction of sp³-hybridized carbons (Fsp3) is 0.625. The summed E-state index contributed by atoms with van der Waals surface area (Å²) in [6.07, 6.45) is 2.11. The highest BCUT2D eigenvalue weighted by Gasteiger charge is 2.40. The summed E-state index contributed by atoms with van der Waals surface area (Å²) in [7, 11) is 3.64. The zero-order valence-electron chi connectivity index (χ0n) is 14.8. The fourth-order valence-electron chi connectivity index (χ4n) is 3.47. The lowest BCUT2D eigenvalue weighted by Crippen LogP contribution is -2.52. The van der Waals surface area contributed by atoms with Crippen molar-refractivity contribution in [3.05, 3.63) is 17.5 Å². The Morgan fingerprint density at radius 3 is 2.80 bits per heavy atom. The van der Waals surface area contributed by atoms with Gasteiger partial charge in [0.2, 0.25) is 17.7 Å². The number of nitrogens with zero attached hydrogens (tertiary/aromatic N) is 4. The molecule has 2 aliphatic rings. The number of carbonyl (C=O) groups excluding carboxylic acids is 3. The Morgan fingerprint density at radius 2 is 2.16 bits per heavy atom. The molecular weight excluding hydrogens is 324 g/mol. The smallest absolute Gasteiger partial charge is 0.239 e. The largest absolute Gasteiger partial charge is 0.353 e. The molecule has 0 saturated carbocycles. The molecule has 0 bridgehead atoms. The molecule has 1 aromatic rings. The van der Waals surface area contributed by atoms with E-state index in [9.17, 15) is 14.4 Å². The van der Waals surface area contributed by atoms with Gasteiger partial charge in [-0.25, -0.2) is 0 Å². The second-order valence-corrected chi connectivity index (χ2v) is 6.62. The molecular formula is C16H24N6O3. The van der Waals surface area contributed by atoms with Crippen LogP contribution >= 0.6 is 0 Å². The molecule has 9 nitrogen and oxygen atoms in total. The van der Waals surface area contributed by atoms with Crippen LogP contribution in [0.2, 0.25) is 0 Å². The molecule has 2 fully saturated rings. The summed E-state index contributed by atoms with van der Waals surface area (Å²) in [4.78, 5) is 39.2. The second kappa shape index (κ2) is 6.83. The third kappa shape index (κ3) is 3.37. The van der Waals surface area contributed by atoms with Gasteiger partial charge in [0.1, 0.15) is 0 Å². The van der Waals surface area contributed by atoms with E-state index in [1.54, 1.807) is 22.8 Å². The Bertz CT molecular complexity index is 700. The van der Waals surface area contributed by atoms with Gasteiger partial charge in [0.05, 0.1) is 25.3 Å². The molecule has 2 aliphatic heterocycles. The zero-order chi connectivity index (χ0) is 18.1. The van der Waals surface area contributed by atoms with E-state index in [0.29, 0.717) is 19.5 Å². The summed E-state index contributed by atoms with van der Waals surface area (Å²) in [5.41, 5.74) is 1.98. The molecule has 2 N–H and O–H groups in total. The lowest BCUT2D eigenvalue weighted by Gasteiger charge is -2.29. The number of hydrogen-bond acceptors (Lipinski definition) is 5. The van der Waals surface area contributed by atoms with Crippen LogP contribution in [0.3, 0.4) is 0 Å². The molecule has 0 spiro atoms. The molecule has 2 saturated heterocycles. The predicted octanol–water partition coefficient (Wildman–Crippen LogP) is -1.45. The van der Waals surface area contributed by atoms with Crippen molar-refractivity contribution in [2.75, 3.05) is 33.2 Å². The van der Waals surface area contributed by atoms with Crippen molar-refractivity contribution in [1.29, 1.82) is 0 Å². The van der Waals surface area contributed by atoms with Crippen LogP contribution in [0.25, 0.3) is 0 Å². The minimum absolute atomic E-state index is 0.0375. The highest BCUT2D eigenvalue weighted by Crippen LogP contribution is 2.33. The Balaban J connectivity index is 1.68. The first-order valence-corrected chi connectivity index (χ1v) is 8.40. The van der Waals surface area contributed by atoms with E-state index in [4.69, 9.17) is 0 Å². The zero-order valence-corrected chi connectivity index (χ0v) is 14.8. The van der Waals surface area contributed by atoms with Crippen LogP contribution in [-0.4, -0.2) is 76.6 Å². The summed E-state index contributed by atoms with van der Waals surface area (Å²) in [6, 6.07) is -0.318. The minimum atomic E-state index is -0.164. The van der Waals surface area contributed by atoms with Crippen molar-refractivity contribution in [2.45, 2.75) is 25.4 Å². The van der Waals surface area contributed by atoms with E-state index in [1.807, 2.05) is 14.0 Å². The van der Waals surface area contributed by atoms with Crippen molar-refractivity contribution < 1.29 is 14.4 Å².